The van der Waals surface area contributed by atoms with Crippen molar-refractivity contribution < 1.29 is 9.53 Å². The van der Waals surface area contributed by atoms with Gasteiger partial charge in [-0.1, -0.05) is 32.0 Å². The van der Waals surface area contributed by atoms with E-state index in [2.05, 4.69) is 5.32 Å². The number of nitrogens with one attached hydrogen (secondary N) is 1. The molecule has 1 heterocycles. The molecule has 2 atom stereocenters. The topological polar surface area (TPSA) is 62.1 Å². The Labute approximate surface area is 113 Å². The highest BCUT2D eigenvalue weighted by Crippen LogP contribution is 2.27. The van der Waals surface area contributed by atoms with Gasteiger partial charge >= 0.3 is 0 Å². The Morgan fingerprint density at radius 2 is 2.26 bits per heavy atom. The van der Waals surface area contributed by atoms with Gasteiger partial charge < -0.3 is 10.1 Å². The van der Waals surface area contributed by atoms with Crippen LogP contribution >= 0.6 is 0 Å². The number of amides is 1. The smallest absolute Gasteiger partial charge is 0.237 e. The monoisotopic (exact) mass is 258 g/mol. The number of hydrogen-bond acceptors (Lipinski definition) is 3. The highest BCUT2D eigenvalue weighted by atomic mass is 16.5. The molecule has 0 saturated heterocycles. The molecule has 0 fully saturated rings. The molecular formula is C15H18N2O2. The van der Waals surface area contributed by atoms with Gasteiger partial charge in [-0.3, -0.25) is 4.79 Å². The van der Waals surface area contributed by atoms with Gasteiger partial charge in [-0.15, -0.1) is 0 Å². The maximum atomic E-state index is 11.9. The number of benzene rings is 1. The van der Waals surface area contributed by atoms with Crippen LogP contribution in [0.5, 0.6) is 5.75 Å². The van der Waals surface area contributed by atoms with Gasteiger partial charge in [0.1, 0.15) is 17.8 Å². The van der Waals surface area contributed by atoms with Crippen LogP contribution in [0.25, 0.3) is 0 Å². The predicted octanol–water partition coefficient (Wildman–Crippen LogP) is 1.90. The minimum absolute atomic E-state index is 0.0201. The number of para-hydroxylation sites is 1. The molecule has 0 spiro atoms. The molecule has 1 aromatic rings. The minimum Gasteiger partial charge on any atom is -0.488 e. The number of fused-ring (bicyclic) bond motifs is 1. The third-order valence-electron chi connectivity index (χ3n) is 3.31. The van der Waals surface area contributed by atoms with Crippen molar-refractivity contribution in [1.29, 1.82) is 5.26 Å². The van der Waals surface area contributed by atoms with Gasteiger partial charge in [-0.25, -0.2) is 0 Å². The van der Waals surface area contributed by atoms with E-state index in [0.717, 1.165) is 12.2 Å². The average Bonchev–Trinajstić information content (AvgIpc) is 2.79. The summed E-state index contributed by atoms with van der Waals surface area (Å²) >= 11 is 0. The molecule has 1 amide bonds. The Balaban J connectivity index is 1.86. The van der Waals surface area contributed by atoms with E-state index in [1.165, 1.54) is 5.56 Å². The molecule has 2 rings (SSSR count). The van der Waals surface area contributed by atoms with E-state index in [4.69, 9.17) is 10.00 Å². The number of hydrogen-bond donors (Lipinski definition) is 1. The zero-order valence-corrected chi connectivity index (χ0v) is 11.2. The van der Waals surface area contributed by atoms with E-state index < -0.39 is 5.92 Å². The van der Waals surface area contributed by atoms with Crippen LogP contribution in [-0.4, -0.2) is 18.6 Å². The third-order valence-corrected chi connectivity index (χ3v) is 3.31. The first-order valence-corrected chi connectivity index (χ1v) is 6.53. The molecule has 0 bridgehead atoms. The van der Waals surface area contributed by atoms with Gasteiger partial charge in [-0.05, 0) is 17.5 Å². The fourth-order valence-electron chi connectivity index (χ4n) is 2.20. The fourth-order valence-corrected chi connectivity index (χ4v) is 2.20. The predicted molar refractivity (Wildman–Crippen MR) is 71.5 cm³/mol. The summed E-state index contributed by atoms with van der Waals surface area (Å²) in [7, 11) is 0. The molecule has 1 aromatic carbocycles. The third kappa shape index (κ3) is 3.05. The van der Waals surface area contributed by atoms with E-state index in [0.29, 0.717) is 6.54 Å². The van der Waals surface area contributed by atoms with Crippen molar-refractivity contribution in [2.75, 3.05) is 6.54 Å². The lowest BCUT2D eigenvalue weighted by molar-refractivity contribution is -0.124. The molecule has 4 nitrogen and oxygen atoms in total. The highest BCUT2D eigenvalue weighted by Gasteiger charge is 2.25. The second kappa shape index (κ2) is 5.75. The summed E-state index contributed by atoms with van der Waals surface area (Å²) in [6, 6.07) is 9.92. The van der Waals surface area contributed by atoms with Gasteiger partial charge in [0.25, 0.3) is 0 Å². The van der Waals surface area contributed by atoms with E-state index in [1.807, 2.05) is 44.2 Å². The molecular weight excluding hydrogens is 240 g/mol. The molecule has 4 heteroatoms. The van der Waals surface area contributed by atoms with Gasteiger partial charge in [0, 0.05) is 6.42 Å². The second-order valence-corrected chi connectivity index (χ2v) is 5.15. The van der Waals surface area contributed by atoms with E-state index in [-0.39, 0.29) is 17.9 Å². The zero-order chi connectivity index (χ0) is 13.8. The van der Waals surface area contributed by atoms with Gasteiger partial charge in [0.05, 0.1) is 12.6 Å². The Kier molecular flexibility index (Phi) is 4.06. The van der Waals surface area contributed by atoms with Crippen molar-refractivity contribution >= 4 is 5.91 Å². The zero-order valence-electron chi connectivity index (χ0n) is 11.2. The summed E-state index contributed by atoms with van der Waals surface area (Å²) in [5, 5.41) is 11.8. The SMILES string of the molecule is CC(C)C(C#N)C(=O)NCC1Cc2ccccc2O1. The van der Waals surface area contributed by atoms with Crippen molar-refractivity contribution in [1.82, 2.24) is 5.32 Å². The van der Waals surface area contributed by atoms with Crippen molar-refractivity contribution in [2.24, 2.45) is 11.8 Å². The lowest BCUT2D eigenvalue weighted by Crippen LogP contribution is -2.39. The van der Waals surface area contributed by atoms with Crippen LogP contribution in [0.1, 0.15) is 19.4 Å². The lowest BCUT2D eigenvalue weighted by Gasteiger charge is -2.16. The second-order valence-electron chi connectivity index (χ2n) is 5.15. The largest absolute Gasteiger partial charge is 0.488 e. The Morgan fingerprint density at radius 1 is 1.53 bits per heavy atom. The minimum atomic E-state index is -0.594. The molecule has 0 radical (unpaired) electrons. The average molecular weight is 258 g/mol. The Bertz CT molecular complexity index is 480. The maximum Gasteiger partial charge on any atom is 0.237 e. The molecule has 100 valence electrons. The number of carbonyl (C=O) groups is 1. The molecule has 0 aromatic heterocycles. The summed E-state index contributed by atoms with van der Waals surface area (Å²) in [6.07, 6.45) is 0.767. The molecule has 1 N–H and O–H groups in total. The van der Waals surface area contributed by atoms with Crippen LogP contribution in [-0.2, 0) is 11.2 Å². The summed E-state index contributed by atoms with van der Waals surface area (Å²) in [4.78, 5) is 11.9. The van der Waals surface area contributed by atoms with E-state index >= 15 is 0 Å². The van der Waals surface area contributed by atoms with Crippen LogP contribution in [0, 0.1) is 23.2 Å². The van der Waals surface area contributed by atoms with Gasteiger partial charge in [0.15, 0.2) is 0 Å². The molecule has 19 heavy (non-hydrogen) atoms. The van der Waals surface area contributed by atoms with Gasteiger partial charge in [0.2, 0.25) is 5.91 Å². The van der Waals surface area contributed by atoms with Crippen LogP contribution in [0.3, 0.4) is 0 Å². The maximum absolute atomic E-state index is 11.9. The summed E-state index contributed by atoms with van der Waals surface area (Å²) < 4.78 is 5.73. The van der Waals surface area contributed by atoms with Crippen molar-refractivity contribution in [3.63, 3.8) is 0 Å². The molecule has 1 aliphatic rings. The van der Waals surface area contributed by atoms with Crippen molar-refractivity contribution in [2.45, 2.75) is 26.4 Å². The Morgan fingerprint density at radius 3 is 2.89 bits per heavy atom. The number of carbonyl (C=O) groups excluding carboxylic acids is 1. The normalized spacial score (nSPS) is 18.3. The molecule has 0 aliphatic carbocycles. The van der Waals surface area contributed by atoms with Crippen molar-refractivity contribution in [3.05, 3.63) is 29.8 Å². The van der Waals surface area contributed by atoms with Crippen LogP contribution in [0.2, 0.25) is 0 Å². The Hall–Kier alpha value is -2.02. The standard InChI is InChI=1S/C15H18N2O2/c1-10(2)13(8-16)15(18)17-9-12-7-11-5-3-4-6-14(11)19-12/h3-6,10,12-13H,7,9H2,1-2H3,(H,17,18). The number of nitrogens with zero attached hydrogens (tertiary/aromatic N) is 1. The summed E-state index contributed by atoms with van der Waals surface area (Å²) in [5.41, 5.74) is 1.17. The van der Waals surface area contributed by atoms with E-state index in [1.54, 1.807) is 0 Å². The number of ether oxygens (including phenoxy) is 1. The molecule has 0 saturated carbocycles. The van der Waals surface area contributed by atoms with Crippen molar-refractivity contribution in [3.8, 4) is 11.8 Å². The molecule has 2 unspecified atom stereocenters. The number of nitriles is 1. The number of rotatable bonds is 4. The van der Waals surface area contributed by atoms with Crippen LogP contribution < -0.4 is 10.1 Å². The van der Waals surface area contributed by atoms with Gasteiger partial charge in [-0.2, -0.15) is 5.26 Å². The first-order valence-electron chi connectivity index (χ1n) is 6.53. The lowest BCUT2D eigenvalue weighted by atomic mass is 9.96. The van der Waals surface area contributed by atoms with E-state index in [9.17, 15) is 4.79 Å². The first kappa shape index (κ1) is 13.4. The summed E-state index contributed by atoms with van der Waals surface area (Å²) in [6.45, 7) is 4.18. The first-order chi connectivity index (χ1) is 9.11. The van der Waals surface area contributed by atoms with Crippen LogP contribution in [0.15, 0.2) is 24.3 Å². The molecule has 1 aliphatic heterocycles. The fraction of sp³-hybridized carbons (Fsp3) is 0.467. The summed E-state index contributed by atoms with van der Waals surface area (Å²) in [5.74, 6) is 0.106. The van der Waals surface area contributed by atoms with Crippen LogP contribution in [0.4, 0.5) is 0 Å². The highest BCUT2D eigenvalue weighted by molar-refractivity contribution is 5.81. The quantitative estimate of drug-likeness (QED) is 0.897.